The van der Waals surface area contributed by atoms with Gasteiger partial charge in [0.2, 0.25) is 11.8 Å². The molecule has 2 amide bonds. The van der Waals surface area contributed by atoms with Crippen LogP contribution in [-0.4, -0.2) is 47.8 Å². The van der Waals surface area contributed by atoms with Gasteiger partial charge >= 0.3 is 0 Å². The lowest BCUT2D eigenvalue weighted by atomic mass is 9.92. The average molecular weight is 342 g/mol. The molecule has 0 unspecified atom stereocenters. The molecule has 0 spiro atoms. The van der Waals surface area contributed by atoms with E-state index >= 15 is 0 Å². The fraction of sp³-hybridized carbons (Fsp3) is 0.619. The molecule has 0 aromatic heterocycles. The third-order valence-electron chi connectivity index (χ3n) is 5.74. The SMILES string of the molecule is CCC(=O)N1CCC[C@@H](C(=O)N2CCC[C@@H](c3ccccc3)CC2)C1. The summed E-state index contributed by atoms with van der Waals surface area (Å²) in [6.07, 6.45) is 5.66. The molecule has 1 aromatic rings. The number of nitrogens with zero attached hydrogens (tertiary/aromatic N) is 2. The van der Waals surface area contributed by atoms with Crippen LogP contribution in [0.2, 0.25) is 0 Å². The van der Waals surface area contributed by atoms with Crippen molar-refractivity contribution in [2.24, 2.45) is 5.92 Å². The smallest absolute Gasteiger partial charge is 0.227 e. The summed E-state index contributed by atoms with van der Waals surface area (Å²) in [6.45, 7) is 5.03. The topological polar surface area (TPSA) is 40.6 Å². The predicted molar refractivity (Wildman–Crippen MR) is 99.2 cm³/mol. The van der Waals surface area contributed by atoms with E-state index in [1.165, 1.54) is 5.56 Å². The quantitative estimate of drug-likeness (QED) is 0.844. The van der Waals surface area contributed by atoms with Crippen LogP contribution in [0.25, 0.3) is 0 Å². The Morgan fingerprint density at radius 3 is 2.44 bits per heavy atom. The van der Waals surface area contributed by atoms with Crippen LogP contribution in [0, 0.1) is 5.92 Å². The van der Waals surface area contributed by atoms with Gasteiger partial charge in [0.05, 0.1) is 5.92 Å². The number of likely N-dealkylation sites (tertiary alicyclic amines) is 2. The van der Waals surface area contributed by atoms with E-state index in [4.69, 9.17) is 0 Å². The van der Waals surface area contributed by atoms with E-state index < -0.39 is 0 Å². The van der Waals surface area contributed by atoms with Crippen molar-refractivity contribution < 1.29 is 9.59 Å². The number of amides is 2. The number of carbonyl (C=O) groups excluding carboxylic acids is 2. The maximum absolute atomic E-state index is 13.0. The Kier molecular flexibility index (Phi) is 6.11. The van der Waals surface area contributed by atoms with Crippen molar-refractivity contribution in [3.05, 3.63) is 35.9 Å². The standard InChI is InChI=1S/C21H30N2O2/c1-2-20(24)23-14-7-11-19(16-23)21(25)22-13-6-10-18(12-15-22)17-8-4-3-5-9-17/h3-5,8-9,18-19H,2,6-7,10-16H2,1H3/t18-,19-/m1/s1. The fourth-order valence-corrected chi connectivity index (χ4v) is 4.26. The van der Waals surface area contributed by atoms with Crippen LogP contribution < -0.4 is 0 Å². The van der Waals surface area contributed by atoms with Gasteiger partial charge in [-0.2, -0.15) is 0 Å². The zero-order valence-electron chi connectivity index (χ0n) is 15.3. The minimum atomic E-state index is -0.00229. The second-order valence-corrected chi connectivity index (χ2v) is 7.40. The average Bonchev–Trinajstić information content (AvgIpc) is 2.94. The summed E-state index contributed by atoms with van der Waals surface area (Å²) in [4.78, 5) is 28.9. The van der Waals surface area contributed by atoms with Gasteiger partial charge in [-0.05, 0) is 43.6 Å². The van der Waals surface area contributed by atoms with Gasteiger partial charge in [-0.15, -0.1) is 0 Å². The fourth-order valence-electron chi connectivity index (χ4n) is 4.26. The molecule has 2 saturated heterocycles. The number of hydrogen-bond donors (Lipinski definition) is 0. The summed E-state index contributed by atoms with van der Waals surface area (Å²) < 4.78 is 0. The lowest BCUT2D eigenvalue weighted by Crippen LogP contribution is -2.46. The van der Waals surface area contributed by atoms with Crippen LogP contribution in [0.4, 0.5) is 0 Å². The number of hydrogen-bond acceptors (Lipinski definition) is 2. The Morgan fingerprint density at radius 1 is 0.960 bits per heavy atom. The van der Waals surface area contributed by atoms with Gasteiger partial charge in [-0.25, -0.2) is 0 Å². The molecule has 0 bridgehead atoms. The zero-order chi connectivity index (χ0) is 17.6. The van der Waals surface area contributed by atoms with Crippen LogP contribution in [0.5, 0.6) is 0 Å². The van der Waals surface area contributed by atoms with Gasteiger partial charge in [-0.1, -0.05) is 37.3 Å². The molecule has 4 nitrogen and oxygen atoms in total. The molecule has 2 aliphatic heterocycles. The van der Waals surface area contributed by atoms with Crippen LogP contribution in [0.1, 0.15) is 56.9 Å². The molecule has 2 atom stereocenters. The second kappa shape index (κ2) is 8.50. The Bertz CT molecular complexity index is 587. The van der Waals surface area contributed by atoms with E-state index in [2.05, 4.69) is 35.2 Å². The molecule has 0 radical (unpaired) electrons. The van der Waals surface area contributed by atoms with E-state index in [1.807, 2.05) is 11.8 Å². The first-order valence-corrected chi connectivity index (χ1v) is 9.80. The number of carbonyl (C=O) groups is 2. The van der Waals surface area contributed by atoms with Crippen molar-refractivity contribution in [1.29, 1.82) is 0 Å². The van der Waals surface area contributed by atoms with E-state index in [0.717, 1.165) is 51.7 Å². The summed E-state index contributed by atoms with van der Waals surface area (Å²) in [6, 6.07) is 10.7. The predicted octanol–water partition coefficient (Wildman–Crippen LogP) is 3.43. The molecule has 0 aliphatic carbocycles. The van der Waals surface area contributed by atoms with Crippen molar-refractivity contribution in [2.45, 2.75) is 51.4 Å². The van der Waals surface area contributed by atoms with Crippen molar-refractivity contribution in [3.63, 3.8) is 0 Å². The lowest BCUT2D eigenvalue weighted by molar-refractivity contribution is -0.140. The first kappa shape index (κ1) is 18.0. The second-order valence-electron chi connectivity index (χ2n) is 7.40. The summed E-state index contributed by atoms with van der Waals surface area (Å²) in [5, 5.41) is 0. The lowest BCUT2D eigenvalue weighted by Gasteiger charge is -2.34. The van der Waals surface area contributed by atoms with Crippen LogP contribution >= 0.6 is 0 Å². The van der Waals surface area contributed by atoms with Crippen molar-refractivity contribution in [3.8, 4) is 0 Å². The first-order valence-electron chi connectivity index (χ1n) is 9.80. The third kappa shape index (κ3) is 4.42. The molecule has 136 valence electrons. The normalized spacial score (nSPS) is 24.7. The van der Waals surface area contributed by atoms with Crippen molar-refractivity contribution in [2.75, 3.05) is 26.2 Å². The maximum atomic E-state index is 13.0. The molecule has 0 N–H and O–H groups in total. The summed E-state index contributed by atoms with van der Waals surface area (Å²) in [7, 11) is 0. The summed E-state index contributed by atoms with van der Waals surface area (Å²) in [5.74, 6) is 1.00. The first-order chi connectivity index (χ1) is 12.2. The van der Waals surface area contributed by atoms with E-state index in [0.29, 0.717) is 18.9 Å². The largest absolute Gasteiger partial charge is 0.342 e. The van der Waals surface area contributed by atoms with E-state index in [-0.39, 0.29) is 17.7 Å². The Labute approximate surface area is 151 Å². The molecule has 2 heterocycles. The van der Waals surface area contributed by atoms with Crippen molar-refractivity contribution >= 4 is 11.8 Å². The minimum absolute atomic E-state index is 0.00229. The minimum Gasteiger partial charge on any atom is -0.342 e. The molecular formula is C21H30N2O2. The van der Waals surface area contributed by atoms with E-state index in [9.17, 15) is 9.59 Å². The van der Waals surface area contributed by atoms with Gasteiger partial charge < -0.3 is 9.80 Å². The van der Waals surface area contributed by atoms with Crippen LogP contribution in [0.3, 0.4) is 0 Å². The summed E-state index contributed by atoms with van der Waals surface area (Å²) >= 11 is 0. The highest BCUT2D eigenvalue weighted by molar-refractivity contribution is 5.81. The Morgan fingerprint density at radius 2 is 1.68 bits per heavy atom. The Balaban J connectivity index is 1.58. The van der Waals surface area contributed by atoms with Gasteiger partial charge in [-0.3, -0.25) is 9.59 Å². The summed E-state index contributed by atoms with van der Waals surface area (Å²) in [5.41, 5.74) is 1.40. The molecule has 0 saturated carbocycles. The van der Waals surface area contributed by atoms with Gasteiger partial charge in [0.25, 0.3) is 0 Å². The molecule has 1 aromatic carbocycles. The third-order valence-corrected chi connectivity index (χ3v) is 5.74. The monoisotopic (exact) mass is 342 g/mol. The zero-order valence-corrected chi connectivity index (χ0v) is 15.3. The van der Waals surface area contributed by atoms with Crippen LogP contribution in [-0.2, 0) is 9.59 Å². The van der Waals surface area contributed by atoms with Crippen molar-refractivity contribution in [1.82, 2.24) is 9.80 Å². The van der Waals surface area contributed by atoms with Crippen LogP contribution in [0.15, 0.2) is 30.3 Å². The van der Waals surface area contributed by atoms with Gasteiger partial charge in [0.15, 0.2) is 0 Å². The highest BCUT2D eigenvalue weighted by Gasteiger charge is 2.31. The highest BCUT2D eigenvalue weighted by Crippen LogP contribution is 2.29. The van der Waals surface area contributed by atoms with Gasteiger partial charge in [0.1, 0.15) is 0 Å². The maximum Gasteiger partial charge on any atom is 0.227 e. The molecule has 2 aliphatic rings. The van der Waals surface area contributed by atoms with E-state index in [1.54, 1.807) is 0 Å². The number of rotatable bonds is 3. The highest BCUT2D eigenvalue weighted by atomic mass is 16.2. The van der Waals surface area contributed by atoms with Gasteiger partial charge in [0, 0.05) is 32.6 Å². The molecular weight excluding hydrogens is 312 g/mol. The Hall–Kier alpha value is -1.84. The number of piperidine rings is 1. The number of benzene rings is 1. The molecule has 25 heavy (non-hydrogen) atoms. The molecule has 3 rings (SSSR count). The molecule has 2 fully saturated rings. The molecule has 4 heteroatoms.